The van der Waals surface area contributed by atoms with Gasteiger partial charge in [0.15, 0.2) is 11.5 Å². The molecule has 0 aliphatic carbocycles. The number of benzene rings is 3. The fourth-order valence-electron chi connectivity index (χ4n) is 3.36. The van der Waals surface area contributed by atoms with Crippen LogP contribution in [-0.2, 0) is 6.42 Å². The molecule has 146 valence electrons. The molecule has 1 aliphatic heterocycles. The van der Waals surface area contributed by atoms with Crippen LogP contribution in [0.25, 0.3) is 0 Å². The number of anilines is 2. The number of carboxylic acid groups (broad SMARTS) is 1. The molecule has 7 nitrogen and oxygen atoms in total. The average Bonchev–Trinajstić information content (AvgIpc) is 2.68. The van der Waals surface area contributed by atoms with Crippen LogP contribution in [0.3, 0.4) is 0 Å². The van der Waals surface area contributed by atoms with Crippen LogP contribution in [0.5, 0.6) is 11.5 Å². The topological polar surface area (TPSA) is 102 Å². The highest BCUT2D eigenvalue weighted by molar-refractivity contribution is 5.99. The van der Waals surface area contributed by atoms with Crippen molar-refractivity contribution in [2.24, 2.45) is 0 Å². The minimum atomic E-state index is -1.27. The first-order valence-electron chi connectivity index (χ1n) is 9.01. The Morgan fingerprint density at radius 2 is 1.76 bits per heavy atom. The first-order valence-corrected chi connectivity index (χ1v) is 9.01. The summed E-state index contributed by atoms with van der Waals surface area (Å²) < 4.78 is 5.77. The van der Waals surface area contributed by atoms with E-state index < -0.39 is 10.9 Å². The SMILES string of the molecule is Cc1ccc(Cc2ccc3c(c2)Nc2c(cc([N+](=O)[O-])cc2C(=O)O)O3)cc1C. The Kier molecular flexibility index (Phi) is 4.43. The zero-order chi connectivity index (χ0) is 20.7. The van der Waals surface area contributed by atoms with Crippen molar-refractivity contribution in [3.05, 3.63) is 86.5 Å². The maximum atomic E-state index is 11.6. The third-order valence-electron chi connectivity index (χ3n) is 5.03. The zero-order valence-corrected chi connectivity index (χ0v) is 15.9. The number of fused-ring (bicyclic) bond motifs is 2. The summed E-state index contributed by atoms with van der Waals surface area (Å²) in [6.45, 7) is 4.14. The molecule has 4 rings (SSSR count). The normalized spacial score (nSPS) is 11.7. The van der Waals surface area contributed by atoms with Crippen molar-refractivity contribution in [1.29, 1.82) is 0 Å². The Hall–Kier alpha value is -3.87. The van der Waals surface area contributed by atoms with Crippen LogP contribution in [0.15, 0.2) is 48.5 Å². The minimum Gasteiger partial charge on any atom is -0.478 e. The number of aryl methyl sites for hydroxylation is 2. The first kappa shape index (κ1) is 18.5. The fraction of sp³-hybridized carbons (Fsp3) is 0.136. The van der Waals surface area contributed by atoms with Gasteiger partial charge in [0.25, 0.3) is 5.69 Å². The largest absolute Gasteiger partial charge is 0.478 e. The van der Waals surface area contributed by atoms with Gasteiger partial charge in [0.2, 0.25) is 0 Å². The molecule has 0 atom stereocenters. The van der Waals surface area contributed by atoms with E-state index in [1.54, 1.807) is 6.07 Å². The number of carbonyl (C=O) groups is 1. The lowest BCUT2D eigenvalue weighted by molar-refractivity contribution is -0.384. The number of carboxylic acids is 1. The summed E-state index contributed by atoms with van der Waals surface area (Å²) >= 11 is 0. The van der Waals surface area contributed by atoms with Crippen molar-refractivity contribution in [2.75, 3.05) is 5.32 Å². The Bertz CT molecular complexity index is 1170. The van der Waals surface area contributed by atoms with Gasteiger partial charge in [-0.15, -0.1) is 0 Å². The van der Waals surface area contributed by atoms with Crippen molar-refractivity contribution in [3.63, 3.8) is 0 Å². The number of hydrogen-bond acceptors (Lipinski definition) is 5. The Balaban J connectivity index is 1.69. The van der Waals surface area contributed by atoms with E-state index in [0.717, 1.165) is 18.1 Å². The number of nitro benzene ring substituents is 1. The van der Waals surface area contributed by atoms with E-state index >= 15 is 0 Å². The molecule has 0 bridgehead atoms. The number of aromatic carboxylic acids is 1. The van der Waals surface area contributed by atoms with E-state index in [-0.39, 0.29) is 22.7 Å². The Morgan fingerprint density at radius 3 is 2.45 bits per heavy atom. The number of rotatable bonds is 4. The van der Waals surface area contributed by atoms with E-state index in [1.165, 1.54) is 22.8 Å². The lowest BCUT2D eigenvalue weighted by Gasteiger charge is -2.23. The molecule has 0 amide bonds. The Labute approximate surface area is 166 Å². The molecule has 0 spiro atoms. The lowest BCUT2D eigenvalue weighted by atomic mass is 9.99. The van der Waals surface area contributed by atoms with Gasteiger partial charge in [-0.25, -0.2) is 4.79 Å². The van der Waals surface area contributed by atoms with E-state index in [9.17, 15) is 20.0 Å². The van der Waals surface area contributed by atoms with Crippen molar-refractivity contribution in [2.45, 2.75) is 20.3 Å². The molecule has 0 saturated carbocycles. The molecule has 0 unspecified atom stereocenters. The molecule has 0 saturated heterocycles. The van der Waals surface area contributed by atoms with E-state index in [2.05, 4.69) is 37.4 Å². The molecule has 0 fully saturated rings. The molecule has 29 heavy (non-hydrogen) atoms. The molecule has 3 aromatic rings. The van der Waals surface area contributed by atoms with E-state index in [1.807, 2.05) is 12.1 Å². The molecule has 1 aliphatic rings. The lowest BCUT2D eigenvalue weighted by Crippen LogP contribution is -2.10. The maximum Gasteiger partial charge on any atom is 0.338 e. The second-order valence-corrected chi connectivity index (χ2v) is 7.08. The van der Waals surface area contributed by atoms with Gasteiger partial charge in [0, 0.05) is 6.07 Å². The molecule has 0 aromatic heterocycles. The first-order chi connectivity index (χ1) is 13.8. The van der Waals surface area contributed by atoms with Gasteiger partial charge in [-0.05, 0) is 54.7 Å². The van der Waals surface area contributed by atoms with E-state index in [4.69, 9.17) is 4.74 Å². The summed E-state index contributed by atoms with van der Waals surface area (Å²) in [5.41, 5.74) is 4.95. The van der Waals surface area contributed by atoms with Gasteiger partial charge in [0.05, 0.1) is 27.9 Å². The molecular weight excluding hydrogens is 372 g/mol. The maximum absolute atomic E-state index is 11.6. The third-order valence-corrected chi connectivity index (χ3v) is 5.03. The second-order valence-electron chi connectivity index (χ2n) is 7.08. The molecule has 7 heteroatoms. The Morgan fingerprint density at radius 1 is 1.03 bits per heavy atom. The summed E-state index contributed by atoms with van der Waals surface area (Å²) in [7, 11) is 0. The smallest absolute Gasteiger partial charge is 0.338 e. The number of non-ortho nitro benzene ring substituents is 1. The zero-order valence-electron chi connectivity index (χ0n) is 15.9. The van der Waals surface area contributed by atoms with Gasteiger partial charge in [0.1, 0.15) is 0 Å². The standard InChI is InChI=1S/C22H18N2O5/c1-12-3-4-14(7-13(12)2)8-15-5-6-19-18(9-15)23-21-17(22(25)26)10-16(24(27)28)11-20(21)29-19/h3-7,9-11,23H,8H2,1-2H3,(H,25,26). The molecule has 3 aromatic carbocycles. The average molecular weight is 390 g/mol. The highest BCUT2D eigenvalue weighted by Crippen LogP contribution is 2.45. The summed E-state index contributed by atoms with van der Waals surface area (Å²) in [5, 5.41) is 23.7. The van der Waals surface area contributed by atoms with E-state index in [0.29, 0.717) is 11.4 Å². The number of ether oxygens (including phenoxy) is 1. The van der Waals surface area contributed by atoms with Crippen molar-refractivity contribution < 1.29 is 19.6 Å². The monoisotopic (exact) mass is 390 g/mol. The predicted molar refractivity (Wildman–Crippen MR) is 109 cm³/mol. The van der Waals surface area contributed by atoms with Crippen LogP contribution in [0.2, 0.25) is 0 Å². The van der Waals surface area contributed by atoms with Crippen LogP contribution < -0.4 is 10.1 Å². The summed E-state index contributed by atoms with van der Waals surface area (Å²) in [6.07, 6.45) is 0.717. The van der Waals surface area contributed by atoms with Crippen molar-refractivity contribution in [1.82, 2.24) is 0 Å². The number of hydrogen-bond donors (Lipinski definition) is 2. The molecular formula is C22H18N2O5. The highest BCUT2D eigenvalue weighted by Gasteiger charge is 2.26. The highest BCUT2D eigenvalue weighted by atomic mass is 16.6. The van der Waals surface area contributed by atoms with Gasteiger partial charge in [-0.3, -0.25) is 10.1 Å². The number of nitrogens with zero attached hydrogens (tertiary/aromatic N) is 1. The van der Waals surface area contributed by atoms with Crippen LogP contribution >= 0.6 is 0 Å². The van der Waals surface area contributed by atoms with Crippen LogP contribution in [0.1, 0.15) is 32.6 Å². The van der Waals surface area contributed by atoms with Gasteiger partial charge < -0.3 is 15.2 Å². The van der Waals surface area contributed by atoms with Crippen LogP contribution in [0, 0.1) is 24.0 Å². The number of nitro groups is 1. The fourth-order valence-corrected chi connectivity index (χ4v) is 3.36. The van der Waals surface area contributed by atoms with Gasteiger partial charge in [-0.1, -0.05) is 24.3 Å². The summed E-state index contributed by atoms with van der Waals surface area (Å²) in [6, 6.07) is 14.2. The van der Waals surface area contributed by atoms with Crippen molar-refractivity contribution in [3.8, 4) is 11.5 Å². The quantitative estimate of drug-likeness (QED) is 0.360. The molecule has 0 radical (unpaired) electrons. The molecule has 2 N–H and O–H groups in total. The van der Waals surface area contributed by atoms with Crippen molar-refractivity contribution >= 4 is 23.0 Å². The molecule has 1 heterocycles. The number of nitrogens with one attached hydrogen (secondary N) is 1. The summed E-state index contributed by atoms with van der Waals surface area (Å²) in [5.74, 6) is -0.667. The predicted octanol–water partition coefficient (Wildman–Crippen LogP) is 5.35. The third kappa shape index (κ3) is 3.50. The van der Waals surface area contributed by atoms with Gasteiger partial charge >= 0.3 is 5.97 Å². The second kappa shape index (κ2) is 6.94. The van der Waals surface area contributed by atoms with Crippen LogP contribution in [0.4, 0.5) is 17.1 Å². The minimum absolute atomic E-state index is 0.117. The van der Waals surface area contributed by atoms with Crippen LogP contribution in [-0.4, -0.2) is 16.0 Å². The summed E-state index contributed by atoms with van der Waals surface area (Å²) in [4.78, 5) is 22.1. The van der Waals surface area contributed by atoms with Gasteiger partial charge in [-0.2, -0.15) is 0 Å².